The number of nitrogens with two attached hydrogens (primary N) is 1. The summed E-state index contributed by atoms with van der Waals surface area (Å²) in [4.78, 5) is 0. The summed E-state index contributed by atoms with van der Waals surface area (Å²) in [6.07, 6.45) is 1.85. The van der Waals surface area contributed by atoms with Crippen molar-refractivity contribution in [2.45, 2.75) is 13.5 Å². The quantitative estimate of drug-likeness (QED) is 0.334. The number of benzene rings is 1. The Morgan fingerprint density at radius 1 is 1.33 bits per heavy atom. The van der Waals surface area contributed by atoms with Gasteiger partial charge in [-0.2, -0.15) is 5.84 Å². The molecule has 1 aromatic rings. The minimum absolute atomic E-state index is 0. The minimum atomic E-state index is 0. The first-order valence-corrected chi connectivity index (χ1v) is 4.92. The molecule has 84 valence electrons. The molecule has 0 saturated carbocycles. The van der Waals surface area contributed by atoms with Crippen LogP contribution in [-0.2, 0) is 6.54 Å². The maximum absolute atomic E-state index is 6.04. The van der Waals surface area contributed by atoms with Gasteiger partial charge >= 0.3 is 0 Å². The molecule has 0 saturated heterocycles. The number of rotatable bonds is 4. The fourth-order valence-electron chi connectivity index (χ4n) is 1.29. The molecule has 0 spiro atoms. The summed E-state index contributed by atoms with van der Waals surface area (Å²) >= 11 is 0. The lowest BCUT2D eigenvalue weighted by atomic mass is 10.1. The Morgan fingerprint density at radius 2 is 1.87 bits per heavy atom. The number of hydrogen-bond acceptors (Lipinski definition) is 1. The molecule has 0 aliphatic heterocycles. The Labute approximate surface area is 109 Å². The van der Waals surface area contributed by atoms with E-state index in [1.54, 1.807) is 0 Å². The van der Waals surface area contributed by atoms with E-state index >= 15 is 0 Å². The van der Waals surface area contributed by atoms with Gasteiger partial charge in [0, 0.05) is 5.56 Å². The van der Waals surface area contributed by atoms with Crippen molar-refractivity contribution in [2.75, 3.05) is 13.6 Å². The van der Waals surface area contributed by atoms with Gasteiger partial charge in [0.05, 0.1) is 13.6 Å². The zero-order valence-electron chi connectivity index (χ0n) is 9.41. The maximum Gasteiger partial charge on any atom is 0.121 e. The predicted molar refractivity (Wildman–Crippen MR) is 61.1 cm³/mol. The van der Waals surface area contributed by atoms with Crippen LogP contribution in [-0.4, -0.2) is 18.2 Å². The van der Waals surface area contributed by atoms with E-state index in [2.05, 4.69) is 37.8 Å². The number of hydrogen-bond donors (Lipinski definition) is 1. The molecule has 0 aliphatic rings. The largest absolute Gasteiger partial charge is 1.00 e. The van der Waals surface area contributed by atoms with Gasteiger partial charge in [-0.1, -0.05) is 36.9 Å². The highest BCUT2D eigenvalue weighted by Crippen LogP contribution is 2.09. The SMILES string of the molecule is C=Cc1ccc(C[N@@+](C)(N)CC)cc1.[I-]. The van der Waals surface area contributed by atoms with Crippen LogP contribution in [0.2, 0.25) is 0 Å². The number of halogens is 1. The smallest absolute Gasteiger partial charge is 0.121 e. The van der Waals surface area contributed by atoms with Gasteiger partial charge in [0.25, 0.3) is 0 Å². The van der Waals surface area contributed by atoms with Crippen LogP contribution in [0.15, 0.2) is 30.8 Å². The number of quaternary nitrogens is 1. The van der Waals surface area contributed by atoms with Gasteiger partial charge in [-0.05, 0) is 12.5 Å². The molecule has 0 radical (unpaired) electrons. The summed E-state index contributed by atoms with van der Waals surface area (Å²) in [7, 11) is 2.03. The van der Waals surface area contributed by atoms with Crippen molar-refractivity contribution in [3.63, 3.8) is 0 Å². The van der Waals surface area contributed by atoms with Crippen LogP contribution in [0, 0.1) is 0 Å². The highest BCUT2D eigenvalue weighted by Gasteiger charge is 2.13. The summed E-state index contributed by atoms with van der Waals surface area (Å²) < 4.78 is 0.535. The van der Waals surface area contributed by atoms with E-state index in [0.717, 1.165) is 18.7 Å². The topological polar surface area (TPSA) is 26.0 Å². The molecule has 0 unspecified atom stereocenters. The Balaban J connectivity index is 0.00000196. The van der Waals surface area contributed by atoms with Crippen LogP contribution < -0.4 is 29.8 Å². The molecule has 0 aliphatic carbocycles. The monoisotopic (exact) mass is 318 g/mol. The zero-order valence-corrected chi connectivity index (χ0v) is 11.6. The average molecular weight is 318 g/mol. The van der Waals surface area contributed by atoms with E-state index in [0.29, 0.717) is 4.59 Å². The Morgan fingerprint density at radius 3 is 2.27 bits per heavy atom. The van der Waals surface area contributed by atoms with Crippen molar-refractivity contribution in [3.8, 4) is 0 Å². The van der Waals surface area contributed by atoms with Gasteiger partial charge in [-0.15, -0.1) is 0 Å². The molecule has 0 aromatic heterocycles. The molecular formula is C12H19IN2. The normalized spacial score (nSPS) is 13.8. The van der Waals surface area contributed by atoms with Gasteiger partial charge in [0.2, 0.25) is 0 Å². The highest BCUT2D eigenvalue weighted by molar-refractivity contribution is 5.47. The summed E-state index contributed by atoms with van der Waals surface area (Å²) in [6, 6.07) is 8.35. The Kier molecular flexibility index (Phi) is 6.09. The van der Waals surface area contributed by atoms with Crippen molar-refractivity contribution < 1.29 is 28.6 Å². The second kappa shape index (κ2) is 6.25. The third-order valence-corrected chi connectivity index (χ3v) is 2.48. The molecule has 1 aromatic carbocycles. The molecule has 0 bridgehead atoms. The van der Waals surface area contributed by atoms with Crippen molar-refractivity contribution in [1.82, 2.24) is 0 Å². The minimum Gasteiger partial charge on any atom is -1.00 e. The fraction of sp³-hybridized carbons (Fsp3) is 0.333. The first-order chi connectivity index (χ1) is 6.57. The molecular weight excluding hydrogens is 299 g/mol. The molecule has 15 heavy (non-hydrogen) atoms. The van der Waals surface area contributed by atoms with E-state index in [1.807, 2.05) is 13.1 Å². The van der Waals surface area contributed by atoms with Gasteiger partial charge in [0.15, 0.2) is 0 Å². The molecule has 2 N–H and O–H groups in total. The Hall–Kier alpha value is -0.390. The van der Waals surface area contributed by atoms with Crippen molar-refractivity contribution in [1.29, 1.82) is 0 Å². The first kappa shape index (κ1) is 14.6. The van der Waals surface area contributed by atoms with E-state index in [-0.39, 0.29) is 24.0 Å². The lowest BCUT2D eigenvalue weighted by Crippen LogP contribution is -3.00. The third kappa shape index (κ3) is 4.77. The van der Waals surface area contributed by atoms with Gasteiger partial charge in [-0.3, -0.25) is 0 Å². The molecule has 2 nitrogen and oxygen atoms in total. The van der Waals surface area contributed by atoms with Crippen molar-refractivity contribution in [2.24, 2.45) is 5.84 Å². The second-order valence-electron chi connectivity index (χ2n) is 3.90. The zero-order chi connectivity index (χ0) is 10.6. The molecule has 0 fully saturated rings. The van der Waals surface area contributed by atoms with Crippen LogP contribution in [0.5, 0.6) is 0 Å². The van der Waals surface area contributed by atoms with Crippen LogP contribution in [0.25, 0.3) is 6.08 Å². The van der Waals surface area contributed by atoms with E-state index in [9.17, 15) is 0 Å². The summed E-state index contributed by atoms with van der Waals surface area (Å²) in [5, 5.41) is 0. The highest BCUT2D eigenvalue weighted by atomic mass is 127. The van der Waals surface area contributed by atoms with Gasteiger partial charge < -0.3 is 24.0 Å². The summed E-state index contributed by atoms with van der Waals surface area (Å²) in [5.41, 5.74) is 2.42. The molecule has 1 atom stereocenters. The second-order valence-corrected chi connectivity index (χ2v) is 3.90. The maximum atomic E-state index is 6.04. The fourth-order valence-corrected chi connectivity index (χ4v) is 1.29. The van der Waals surface area contributed by atoms with Crippen molar-refractivity contribution >= 4 is 6.08 Å². The van der Waals surface area contributed by atoms with E-state index in [1.165, 1.54) is 5.56 Å². The first-order valence-electron chi connectivity index (χ1n) is 4.92. The Bertz CT molecular complexity index is 304. The molecule has 0 amide bonds. The van der Waals surface area contributed by atoms with Crippen LogP contribution in [0.3, 0.4) is 0 Å². The average Bonchev–Trinajstić information content (AvgIpc) is 2.19. The van der Waals surface area contributed by atoms with Crippen molar-refractivity contribution in [3.05, 3.63) is 42.0 Å². The lowest BCUT2D eigenvalue weighted by molar-refractivity contribution is -0.932. The van der Waals surface area contributed by atoms with Crippen LogP contribution in [0.4, 0.5) is 0 Å². The molecule has 0 heterocycles. The lowest BCUT2D eigenvalue weighted by Gasteiger charge is -2.26. The summed E-state index contributed by atoms with van der Waals surface area (Å²) in [5.74, 6) is 6.04. The summed E-state index contributed by atoms with van der Waals surface area (Å²) in [6.45, 7) is 7.62. The molecule has 1 rings (SSSR count). The van der Waals surface area contributed by atoms with Crippen LogP contribution >= 0.6 is 0 Å². The van der Waals surface area contributed by atoms with Crippen LogP contribution in [0.1, 0.15) is 18.1 Å². The van der Waals surface area contributed by atoms with Gasteiger partial charge in [-0.25, -0.2) is 4.59 Å². The predicted octanol–water partition coefficient (Wildman–Crippen LogP) is -0.826. The van der Waals surface area contributed by atoms with E-state index < -0.39 is 0 Å². The number of nitrogens with zero attached hydrogens (tertiary/aromatic N) is 1. The standard InChI is InChI=1S/C12H19N2.HI/c1-4-11-6-8-12(9-7-11)10-14(3,13)5-2;/h4,6-9H,1,5,10,13H2,2-3H3;1H/q+1;/p-1/t14-;/m0./s1. The molecule has 3 heteroatoms. The van der Waals surface area contributed by atoms with Gasteiger partial charge in [0.1, 0.15) is 6.54 Å². The third-order valence-electron chi connectivity index (χ3n) is 2.48. The van der Waals surface area contributed by atoms with E-state index in [4.69, 9.17) is 5.84 Å².